The Hall–Kier alpha value is -1.55. The molecule has 1 heterocycles. The third kappa shape index (κ3) is 6.23. The van der Waals surface area contributed by atoms with Crippen LogP contribution in [-0.2, 0) is 6.42 Å². The van der Waals surface area contributed by atoms with Crippen molar-refractivity contribution in [1.82, 2.24) is 0 Å². The van der Waals surface area contributed by atoms with Crippen LogP contribution in [0.25, 0.3) is 5.69 Å². The number of carbonyl (C=O) groups excluding carboxylic acids is 1. The summed E-state index contributed by atoms with van der Waals surface area (Å²) in [6.07, 6.45) is 3.41. The van der Waals surface area contributed by atoms with E-state index >= 15 is 0 Å². The van der Waals surface area contributed by atoms with Crippen LogP contribution in [0.5, 0.6) is 5.75 Å². The molecule has 152 valence electrons. The van der Waals surface area contributed by atoms with Gasteiger partial charge in [0, 0.05) is 35.5 Å². The highest BCUT2D eigenvalue weighted by Crippen LogP contribution is 2.37. The van der Waals surface area contributed by atoms with Crippen LogP contribution < -0.4 is 27.9 Å². The number of pyridine rings is 1. The number of ketones is 1. The predicted molar refractivity (Wildman–Crippen MR) is 93.3 cm³/mol. The summed E-state index contributed by atoms with van der Waals surface area (Å²) in [6.45, 7) is 6.80. The van der Waals surface area contributed by atoms with Crippen LogP contribution in [0.4, 0.5) is 0 Å². The Morgan fingerprint density at radius 2 is 1.68 bits per heavy atom. The number of halogens is 2. The first kappa shape index (κ1) is 22.7. The smallest absolute Gasteiger partial charge is 0.210 e. The van der Waals surface area contributed by atoms with Gasteiger partial charge in [0.1, 0.15) is 11.3 Å². The summed E-state index contributed by atoms with van der Waals surface area (Å²) in [7, 11) is -4.94. The van der Waals surface area contributed by atoms with Gasteiger partial charge in [-0.25, -0.2) is 18.6 Å². The zero-order valence-corrected chi connectivity index (χ0v) is 18.1. The highest BCUT2D eigenvalue weighted by molar-refractivity contribution is 9.10. The number of hydrogen-bond acceptors (Lipinski definition) is 6. The molecular formula is C19H21BrClNO6. The zero-order valence-electron chi connectivity index (χ0n) is 15.7. The molecule has 0 saturated carbocycles. The first-order valence-electron chi connectivity index (χ1n) is 8.52. The first-order valence-corrected chi connectivity index (χ1v) is 10.6. The summed E-state index contributed by atoms with van der Waals surface area (Å²) in [5.74, 6) is 0.877. The van der Waals surface area contributed by atoms with E-state index in [2.05, 4.69) is 46.5 Å². The number of rotatable bonds is 3. The summed E-state index contributed by atoms with van der Waals surface area (Å²) in [5.41, 5.74) is 2.81. The summed E-state index contributed by atoms with van der Waals surface area (Å²) in [5, 5.41) is 0. The number of fused-ring (bicyclic) bond motifs is 1. The Morgan fingerprint density at radius 3 is 2.21 bits per heavy atom. The number of carbonyl (C=O) groups is 1. The van der Waals surface area contributed by atoms with Gasteiger partial charge in [-0.2, -0.15) is 4.57 Å². The lowest BCUT2D eigenvalue weighted by molar-refractivity contribution is -2.00. The molecule has 1 aromatic carbocycles. The topological polar surface area (TPSA) is 122 Å². The molecule has 0 amide bonds. The maximum atomic E-state index is 12.7. The summed E-state index contributed by atoms with van der Waals surface area (Å²) >= 11 is 3.47. The van der Waals surface area contributed by atoms with Gasteiger partial charge in [0.25, 0.3) is 0 Å². The van der Waals surface area contributed by atoms with Crippen molar-refractivity contribution in [1.29, 1.82) is 0 Å². The molecule has 0 radical (unpaired) electrons. The fraction of sp³-hybridized carbons (Fsp3) is 0.368. The third-order valence-electron chi connectivity index (χ3n) is 4.17. The zero-order chi connectivity index (χ0) is 21.1. The van der Waals surface area contributed by atoms with Gasteiger partial charge in [-0.15, -0.1) is 10.2 Å². The molecule has 7 nitrogen and oxygen atoms in total. The number of aromatic nitrogens is 1. The SMILES string of the molecule is CCOc1cc[n+](-c2ccc(Br)cc2)c2c1C(=O)CC(C)(C)C2.[O-][Cl+3]([O-])([O-])[O-]. The van der Waals surface area contributed by atoms with Crippen molar-refractivity contribution in [2.75, 3.05) is 6.61 Å². The molecule has 0 bridgehead atoms. The Labute approximate surface area is 174 Å². The van der Waals surface area contributed by atoms with Gasteiger partial charge >= 0.3 is 0 Å². The molecule has 0 atom stereocenters. The normalized spacial score (nSPS) is 15.4. The van der Waals surface area contributed by atoms with Crippen LogP contribution in [0.2, 0.25) is 0 Å². The van der Waals surface area contributed by atoms with Crippen LogP contribution in [0.3, 0.4) is 0 Å². The molecular weight excluding hydrogens is 454 g/mol. The van der Waals surface area contributed by atoms with Crippen LogP contribution in [0.15, 0.2) is 41.0 Å². The molecule has 9 heteroatoms. The molecule has 0 aliphatic heterocycles. The molecule has 0 fully saturated rings. The van der Waals surface area contributed by atoms with Crippen LogP contribution >= 0.6 is 15.9 Å². The largest absolute Gasteiger partial charge is 0.493 e. The fourth-order valence-corrected chi connectivity index (χ4v) is 3.47. The van der Waals surface area contributed by atoms with Crippen molar-refractivity contribution in [2.45, 2.75) is 33.6 Å². The van der Waals surface area contributed by atoms with Crippen molar-refractivity contribution < 1.29 is 43.0 Å². The van der Waals surface area contributed by atoms with Crippen molar-refractivity contribution >= 4 is 21.7 Å². The number of benzene rings is 1. The number of ether oxygens (including phenoxy) is 1. The minimum absolute atomic E-state index is 0.0357. The second-order valence-electron chi connectivity index (χ2n) is 7.10. The van der Waals surface area contributed by atoms with Crippen LogP contribution in [-0.4, -0.2) is 12.4 Å². The first-order chi connectivity index (χ1) is 12.9. The Balaban J connectivity index is 0.000000500. The minimum atomic E-state index is -4.94. The molecule has 1 aliphatic rings. The van der Waals surface area contributed by atoms with E-state index in [1.807, 2.05) is 31.3 Å². The molecule has 1 aliphatic carbocycles. The highest BCUT2D eigenvalue weighted by atomic mass is 79.9. The Kier molecular flexibility index (Phi) is 7.19. The minimum Gasteiger partial charge on any atom is -0.493 e. The molecule has 0 N–H and O–H groups in total. The van der Waals surface area contributed by atoms with Gasteiger partial charge in [0.05, 0.1) is 6.61 Å². The molecule has 0 unspecified atom stereocenters. The lowest BCUT2D eigenvalue weighted by Gasteiger charge is -2.28. The number of Topliss-reactive ketones (excluding diaryl/α,β-unsaturated/α-hetero) is 1. The fourth-order valence-electron chi connectivity index (χ4n) is 3.21. The lowest BCUT2D eigenvalue weighted by Crippen LogP contribution is -2.68. The van der Waals surface area contributed by atoms with E-state index in [9.17, 15) is 4.79 Å². The van der Waals surface area contributed by atoms with E-state index in [-0.39, 0.29) is 11.2 Å². The molecule has 28 heavy (non-hydrogen) atoms. The van der Waals surface area contributed by atoms with Crippen molar-refractivity contribution in [3.63, 3.8) is 0 Å². The predicted octanol–water partition coefficient (Wildman–Crippen LogP) is -0.476. The highest BCUT2D eigenvalue weighted by Gasteiger charge is 2.39. The monoisotopic (exact) mass is 473 g/mol. The number of nitrogens with zero attached hydrogens (tertiary/aromatic N) is 1. The van der Waals surface area contributed by atoms with E-state index in [0.717, 1.165) is 27.8 Å². The van der Waals surface area contributed by atoms with Gasteiger partial charge in [-0.05, 0) is 24.5 Å². The summed E-state index contributed by atoms with van der Waals surface area (Å²) in [4.78, 5) is 12.7. The van der Waals surface area contributed by atoms with Crippen molar-refractivity contribution in [2.24, 2.45) is 5.41 Å². The van der Waals surface area contributed by atoms with Crippen LogP contribution in [0.1, 0.15) is 43.2 Å². The number of hydrogen-bond donors (Lipinski definition) is 0. The average molecular weight is 475 g/mol. The van der Waals surface area contributed by atoms with E-state index in [4.69, 9.17) is 23.4 Å². The molecule has 2 aromatic rings. The van der Waals surface area contributed by atoms with E-state index < -0.39 is 10.2 Å². The van der Waals surface area contributed by atoms with Gasteiger partial charge in [-0.1, -0.05) is 29.8 Å². The summed E-state index contributed by atoms with van der Waals surface area (Å²) < 4.78 is 42.8. The average Bonchev–Trinajstić information content (AvgIpc) is 2.53. The van der Waals surface area contributed by atoms with E-state index in [1.54, 1.807) is 0 Å². The van der Waals surface area contributed by atoms with E-state index in [0.29, 0.717) is 18.8 Å². The Morgan fingerprint density at radius 1 is 1.11 bits per heavy atom. The molecule has 0 spiro atoms. The molecule has 0 saturated heterocycles. The maximum absolute atomic E-state index is 12.7. The standard InChI is InChI=1S/C19H21BrNO2.ClHO4/c1-4-23-17-9-10-21(14-7-5-13(20)6-8-14)15-11-19(2,3)12-16(22)18(15)17;2-1(3,4)5/h5-10H,4,11-12H2,1-3H3;(H,2,3,4,5)/q+1;/p-1. The second kappa shape index (κ2) is 8.86. The maximum Gasteiger partial charge on any atom is 0.210 e. The third-order valence-corrected chi connectivity index (χ3v) is 4.70. The Bertz CT molecular complexity index is 843. The van der Waals surface area contributed by atoms with Gasteiger partial charge in [0.15, 0.2) is 12.0 Å². The van der Waals surface area contributed by atoms with Gasteiger partial charge in [-0.3, -0.25) is 4.79 Å². The molecule has 1 aromatic heterocycles. The molecule has 3 rings (SSSR count). The van der Waals surface area contributed by atoms with Crippen molar-refractivity contribution in [3.05, 3.63) is 52.3 Å². The van der Waals surface area contributed by atoms with E-state index in [1.165, 1.54) is 0 Å². The van der Waals surface area contributed by atoms with Gasteiger partial charge in [0.2, 0.25) is 11.4 Å². The van der Waals surface area contributed by atoms with Crippen molar-refractivity contribution in [3.8, 4) is 11.4 Å². The van der Waals surface area contributed by atoms with Gasteiger partial charge < -0.3 is 4.74 Å². The van der Waals surface area contributed by atoms with Crippen LogP contribution in [0, 0.1) is 15.7 Å². The lowest BCUT2D eigenvalue weighted by atomic mass is 9.75. The quantitative estimate of drug-likeness (QED) is 0.554. The summed E-state index contributed by atoms with van der Waals surface area (Å²) in [6, 6.07) is 10.0. The second-order valence-corrected chi connectivity index (χ2v) is 8.77.